The predicted molar refractivity (Wildman–Crippen MR) is 317 cm³/mol. The fraction of sp³-hybridized carbons (Fsp3) is 0.433. The van der Waals surface area contributed by atoms with Crippen molar-refractivity contribution in [3.63, 3.8) is 0 Å². The van der Waals surface area contributed by atoms with Crippen molar-refractivity contribution >= 4 is 76.1 Å². The number of amides is 8. The van der Waals surface area contributed by atoms with Crippen LogP contribution in [0.15, 0.2) is 97.6 Å². The Morgan fingerprint density at radius 2 is 1.02 bits per heavy atom. The third-order valence-electron chi connectivity index (χ3n) is 15.0. The Balaban J connectivity index is 1.41. The highest BCUT2D eigenvalue weighted by molar-refractivity contribution is 5.99. The number of H-pyrrole nitrogens is 2. The van der Waals surface area contributed by atoms with E-state index in [1.807, 2.05) is 6.92 Å². The molecule has 0 radical (unpaired) electrons. The van der Waals surface area contributed by atoms with Crippen molar-refractivity contribution in [1.82, 2.24) is 57.5 Å². The Labute approximate surface area is 506 Å². The average molecular weight is 1220 g/mol. The summed E-state index contributed by atoms with van der Waals surface area (Å²) in [6.45, 7) is 8.02. The largest absolute Gasteiger partial charge is 0.508 e. The Morgan fingerprint density at radius 1 is 0.523 bits per heavy atom. The van der Waals surface area contributed by atoms with Crippen LogP contribution in [0.1, 0.15) is 89.1 Å². The van der Waals surface area contributed by atoms with Gasteiger partial charge in [0.05, 0.1) is 24.9 Å². The molecule has 0 aliphatic heterocycles. The number of para-hydroxylation sites is 1. The number of aliphatic hydroxyl groups excluding tert-OH is 1. The fourth-order valence-corrected chi connectivity index (χ4v) is 9.34. The molecule has 88 heavy (non-hydrogen) atoms. The van der Waals surface area contributed by atoms with Crippen LogP contribution in [0.25, 0.3) is 10.9 Å². The number of nitrogens with zero attached hydrogens (tertiary/aromatic N) is 1. The zero-order chi connectivity index (χ0) is 64.8. The van der Waals surface area contributed by atoms with Crippen LogP contribution in [0.2, 0.25) is 0 Å². The molecule has 0 aliphatic carbocycles. The number of aliphatic carboxylic acids is 3. The summed E-state index contributed by atoms with van der Waals surface area (Å²) < 4.78 is 0. The van der Waals surface area contributed by atoms with Gasteiger partial charge in [0.2, 0.25) is 47.3 Å². The number of aliphatic hydroxyl groups is 1. The summed E-state index contributed by atoms with van der Waals surface area (Å²) in [6, 6.07) is 6.83. The summed E-state index contributed by atoms with van der Waals surface area (Å²) in [5.41, 5.74) is 8.70. The van der Waals surface area contributed by atoms with Crippen molar-refractivity contribution in [3.05, 3.63) is 120 Å². The van der Waals surface area contributed by atoms with Gasteiger partial charge in [-0.15, -0.1) is 0 Å². The van der Waals surface area contributed by atoms with Crippen LogP contribution in [-0.4, -0.2) is 166 Å². The van der Waals surface area contributed by atoms with E-state index in [-0.39, 0.29) is 49.5 Å². The number of hydrogen-bond donors (Lipinski definition) is 16. The van der Waals surface area contributed by atoms with Crippen LogP contribution < -0.4 is 48.3 Å². The molecule has 0 fully saturated rings. The number of carboxylic acid groups (broad SMARTS) is 3. The van der Waals surface area contributed by atoms with Gasteiger partial charge in [0.25, 0.3) is 0 Å². The summed E-state index contributed by atoms with van der Waals surface area (Å²) in [6.07, 6.45) is -0.149. The molecule has 0 spiro atoms. The molecule has 17 N–H and O–H groups in total. The van der Waals surface area contributed by atoms with E-state index in [2.05, 4.69) is 57.5 Å². The van der Waals surface area contributed by atoms with Gasteiger partial charge in [0.1, 0.15) is 54.1 Å². The molecule has 28 heteroatoms. The minimum Gasteiger partial charge on any atom is -0.508 e. The first-order chi connectivity index (χ1) is 41.8. The summed E-state index contributed by atoms with van der Waals surface area (Å²) in [7, 11) is 0. The normalized spacial score (nSPS) is 15.3. The highest BCUT2D eigenvalue weighted by Gasteiger charge is 2.38. The van der Waals surface area contributed by atoms with E-state index < -0.39 is 151 Å². The number of phenolic OH excluding ortho intramolecular Hbond substituents is 1. The molecular formula is C60H78N12O16. The van der Waals surface area contributed by atoms with Crippen LogP contribution in [0.4, 0.5) is 0 Å². The van der Waals surface area contributed by atoms with Crippen molar-refractivity contribution in [1.29, 1.82) is 0 Å². The number of aromatic amines is 2. The third-order valence-corrected chi connectivity index (χ3v) is 15.0. The fourth-order valence-electron chi connectivity index (χ4n) is 9.34. The molecule has 12 atom stereocenters. The average Bonchev–Trinajstić information content (AvgIpc) is 2.33. The topological polar surface area (TPSA) is 456 Å². The van der Waals surface area contributed by atoms with Gasteiger partial charge in [-0.1, -0.05) is 101 Å². The van der Waals surface area contributed by atoms with E-state index in [4.69, 9.17) is 5.73 Å². The van der Waals surface area contributed by atoms with Crippen molar-refractivity contribution in [3.8, 4) is 5.75 Å². The lowest BCUT2D eigenvalue weighted by molar-refractivity contribution is -0.143. The van der Waals surface area contributed by atoms with E-state index in [9.17, 15) is 78.3 Å². The minimum atomic E-state index is -2.00. The van der Waals surface area contributed by atoms with Gasteiger partial charge in [-0.3, -0.25) is 47.9 Å². The van der Waals surface area contributed by atoms with Crippen LogP contribution in [0.3, 0.4) is 0 Å². The predicted octanol–water partition coefficient (Wildman–Crippen LogP) is -0.0300. The van der Waals surface area contributed by atoms with E-state index in [1.165, 1.54) is 43.7 Å². The van der Waals surface area contributed by atoms with Gasteiger partial charge >= 0.3 is 17.9 Å². The molecule has 0 bridgehead atoms. The monoisotopic (exact) mass is 1220 g/mol. The maximum absolute atomic E-state index is 14.8. The maximum atomic E-state index is 14.8. The first-order valence-electron chi connectivity index (χ1n) is 28.7. The van der Waals surface area contributed by atoms with E-state index in [0.717, 1.165) is 0 Å². The summed E-state index contributed by atoms with van der Waals surface area (Å²) in [5, 5.41) is 71.1. The smallest absolute Gasteiger partial charge is 0.326 e. The van der Waals surface area contributed by atoms with Gasteiger partial charge in [-0.25, -0.2) is 9.78 Å². The number of phenols is 1. The molecule has 2 heterocycles. The molecule has 28 nitrogen and oxygen atoms in total. The van der Waals surface area contributed by atoms with E-state index >= 15 is 0 Å². The summed E-state index contributed by atoms with van der Waals surface area (Å²) >= 11 is 0. The number of imidazole rings is 1. The number of fused-ring (bicyclic) bond motifs is 1. The van der Waals surface area contributed by atoms with Crippen LogP contribution >= 0.6 is 0 Å². The molecule has 0 unspecified atom stereocenters. The standard InChI is InChI=1S/C60H78N12O16/c1-6-31(3)49(61)57(84)68-42(23-35-17-19-38(74)20-18-35)55(82)72-51(33(5)73)59(86)69-43(25-36-28-63-40-16-12-11-15-39(36)40)56(83)71-50(32(4)7-2)58(85)65-41(21-22-47(75)76)52(79)67-45(27-48(77)78)54(81)66-44(26-37-29-62-30-64-37)53(80)70-46(60(87)88)24-34-13-9-8-10-14-34/h8-20,28-33,41-46,49-51,63,73-74H,6-7,21-27,61H2,1-5H3,(H,62,64)(H,65,85)(H,66,81)(H,67,79)(H,68,84)(H,69,86)(H,70,80)(H,71,83)(H,72,82)(H,75,76)(H,77,78)(H,87,88)/t31-,32-,33+,41-,42-,43-,44-,45-,46-,49-,50-,51-/m0/s1. The quantitative estimate of drug-likeness (QED) is 0.0253. The number of nitrogens with one attached hydrogen (secondary N) is 10. The lowest BCUT2D eigenvalue weighted by Crippen LogP contribution is -2.63. The second-order valence-corrected chi connectivity index (χ2v) is 21.7. The second kappa shape index (κ2) is 33.3. The Morgan fingerprint density at radius 3 is 1.62 bits per heavy atom. The molecule has 0 saturated heterocycles. The van der Waals surface area contributed by atoms with Crippen molar-refractivity contribution < 1.29 is 78.3 Å². The molecule has 5 aromatic rings. The molecule has 474 valence electrons. The molecule has 5 rings (SSSR count). The molecule has 0 aliphatic rings. The molecule has 3 aromatic carbocycles. The van der Waals surface area contributed by atoms with Gasteiger partial charge in [0.15, 0.2) is 0 Å². The Hall–Kier alpha value is -9.70. The third kappa shape index (κ3) is 20.8. The van der Waals surface area contributed by atoms with Crippen molar-refractivity contribution in [2.45, 2.75) is 153 Å². The SMILES string of the molecule is CC[C@H](C)[C@H](N)C(=O)N[C@@H](Cc1ccc(O)cc1)C(=O)N[C@H](C(=O)N[C@@H](Cc1c[nH]c2ccccc12)C(=O)N[C@H](C(=O)N[C@@H](CCC(=O)O)C(=O)N[C@@H](CC(=O)O)C(=O)N[C@@H](Cc1cnc[nH]1)C(=O)N[C@@H](Cc1ccccc1)C(=O)O)[C@@H](C)CC)[C@@H](C)O. The summed E-state index contributed by atoms with van der Waals surface area (Å²) in [4.78, 5) is 160. The van der Waals surface area contributed by atoms with Crippen LogP contribution in [0.5, 0.6) is 5.75 Å². The number of aromatic hydroxyl groups is 1. The number of benzene rings is 3. The van der Waals surface area contributed by atoms with Crippen molar-refractivity contribution in [2.75, 3.05) is 0 Å². The number of carboxylic acids is 3. The number of carbonyl (C=O) groups excluding carboxylic acids is 8. The zero-order valence-electron chi connectivity index (χ0n) is 49.3. The van der Waals surface area contributed by atoms with Gasteiger partial charge < -0.3 is 83.8 Å². The molecule has 2 aromatic heterocycles. The van der Waals surface area contributed by atoms with E-state index in [1.54, 1.807) is 81.6 Å². The number of aromatic nitrogens is 3. The number of carbonyl (C=O) groups is 11. The second-order valence-electron chi connectivity index (χ2n) is 21.7. The minimum absolute atomic E-state index is 0.0655. The summed E-state index contributed by atoms with van der Waals surface area (Å²) in [5.74, 6) is -13.8. The van der Waals surface area contributed by atoms with Gasteiger partial charge in [0, 0.05) is 61.1 Å². The first kappa shape index (κ1) is 69.1. The first-order valence-corrected chi connectivity index (χ1v) is 28.7. The lowest BCUT2D eigenvalue weighted by atomic mass is 9.96. The number of rotatable bonds is 35. The Bertz CT molecular complexity index is 3210. The van der Waals surface area contributed by atoms with Crippen LogP contribution in [0, 0.1) is 11.8 Å². The zero-order valence-corrected chi connectivity index (χ0v) is 49.3. The molecule has 0 saturated carbocycles. The number of nitrogens with two attached hydrogens (primary N) is 1. The van der Waals surface area contributed by atoms with Crippen LogP contribution in [-0.2, 0) is 78.4 Å². The lowest BCUT2D eigenvalue weighted by Gasteiger charge is -2.30. The van der Waals surface area contributed by atoms with Crippen molar-refractivity contribution in [2.24, 2.45) is 17.6 Å². The highest BCUT2D eigenvalue weighted by Crippen LogP contribution is 2.21. The Kier molecular flexibility index (Phi) is 26.1. The highest BCUT2D eigenvalue weighted by atomic mass is 16.4. The molecule has 8 amide bonds. The molecular weight excluding hydrogens is 1140 g/mol. The van der Waals surface area contributed by atoms with E-state index in [0.29, 0.717) is 34.0 Å². The number of hydrogen-bond acceptors (Lipinski definition) is 15. The van der Waals surface area contributed by atoms with Gasteiger partial charge in [-0.2, -0.15) is 0 Å². The van der Waals surface area contributed by atoms with Gasteiger partial charge in [-0.05, 0) is 60.1 Å². The maximum Gasteiger partial charge on any atom is 0.326 e.